The van der Waals surface area contributed by atoms with Crippen molar-refractivity contribution in [2.75, 3.05) is 13.2 Å². The number of aliphatic hydroxyl groups is 4. The molecule has 17 heavy (non-hydrogen) atoms. The van der Waals surface area contributed by atoms with Crippen molar-refractivity contribution < 1.29 is 29.6 Å². The van der Waals surface area contributed by atoms with Crippen LogP contribution in [0.25, 0.3) is 0 Å². The Morgan fingerprint density at radius 3 is 2.65 bits per heavy atom. The minimum atomic E-state index is -2.33. The van der Waals surface area contributed by atoms with Gasteiger partial charge in [0, 0.05) is 6.54 Å². The van der Waals surface area contributed by atoms with E-state index in [-0.39, 0.29) is 19.4 Å². The third-order valence-corrected chi connectivity index (χ3v) is 3.11. The molecule has 5 N–H and O–H groups in total. The number of rotatable bonds is 2. The van der Waals surface area contributed by atoms with E-state index in [0.717, 1.165) is 4.90 Å². The molecule has 0 aliphatic carbocycles. The second-order valence-electron chi connectivity index (χ2n) is 4.34. The van der Waals surface area contributed by atoms with Crippen molar-refractivity contribution in [1.82, 2.24) is 10.2 Å². The third kappa shape index (κ3) is 2.43. The average molecular weight is 252 g/mol. The van der Waals surface area contributed by atoms with Crippen molar-refractivity contribution in [2.45, 2.75) is 43.6 Å². The predicted molar refractivity (Wildman–Crippen MR) is 52.9 cm³/mol. The van der Waals surface area contributed by atoms with E-state index >= 15 is 0 Å². The minimum absolute atomic E-state index is 0.0801. The van der Waals surface area contributed by atoms with E-state index in [2.05, 4.69) is 5.32 Å². The molecular formula is C9H17FN2O5. The monoisotopic (exact) mass is 252 g/mol. The van der Waals surface area contributed by atoms with Gasteiger partial charge < -0.3 is 25.2 Å². The van der Waals surface area contributed by atoms with Crippen molar-refractivity contribution >= 4 is 0 Å². The second-order valence-corrected chi connectivity index (χ2v) is 4.34. The maximum atomic E-state index is 14.4. The van der Waals surface area contributed by atoms with E-state index in [1.165, 1.54) is 0 Å². The summed E-state index contributed by atoms with van der Waals surface area (Å²) in [6.07, 6.45) is -4.54. The molecule has 8 heteroatoms. The molecule has 2 aliphatic heterocycles. The van der Waals surface area contributed by atoms with Crippen LogP contribution in [-0.2, 0) is 4.74 Å². The van der Waals surface area contributed by atoms with Gasteiger partial charge in [0.25, 0.3) is 5.98 Å². The maximum absolute atomic E-state index is 14.4. The van der Waals surface area contributed by atoms with Crippen LogP contribution in [0.4, 0.5) is 4.39 Å². The number of aliphatic hydroxyl groups excluding tert-OH is 4. The number of nitrogens with one attached hydrogen (secondary N) is 1. The molecule has 0 aromatic carbocycles. The van der Waals surface area contributed by atoms with Crippen LogP contribution in [0.2, 0.25) is 0 Å². The molecular weight excluding hydrogens is 235 g/mol. The zero-order valence-electron chi connectivity index (χ0n) is 9.16. The van der Waals surface area contributed by atoms with Crippen molar-refractivity contribution in [3.63, 3.8) is 0 Å². The molecule has 2 heterocycles. The number of nitrogens with zero attached hydrogens (tertiary/aromatic N) is 1. The highest BCUT2D eigenvalue weighted by Crippen LogP contribution is 2.36. The van der Waals surface area contributed by atoms with Gasteiger partial charge in [-0.3, -0.25) is 5.32 Å². The van der Waals surface area contributed by atoms with Gasteiger partial charge in [-0.15, -0.1) is 0 Å². The Morgan fingerprint density at radius 2 is 2.12 bits per heavy atom. The van der Waals surface area contributed by atoms with Crippen LogP contribution in [0.15, 0.2) is 0 Å². The highest BCUT2D eigenvalue weighted by atomic mass is 19.2. The minimum Gasteiger partial charge on any atom is -0.394 e. The summed E-state index contributed by atoms with van der Waals surface area (Å²) in [6.45, 7) is -0.413. The lowest BCUT2D eigenvalue weighted by atomic mass is 10.1. The average Bonchev–Trinajstić information content (AvgIpc) is 2.54. The molecule has 2 aliphatic rings. The smallest absolute Gasteiger partial charge is 0.274 e. The lowest BCUT2D eigenvalue weighted by Crippen LogP contribution is -2.62. The summed E-state index contributed by atoms with van der Waals surface area (Å²) >= 11 is 0. The molecule has 5 atom stereocenters. The summed E-state index contributed by atoms with van der Waals surface area (Å²) in [4.78, 5) is 0.971. The van der Waals surface area contributed by atoms with E-state index in [1.54, 1.807) is 0 Å². The van der Waals surface area contributed by atoms with Crippen LogP contribution in [-0.4, -0.2) is 69.2 Å². The van der Waals surface area contributed by atoms with Gasteiger partial charge in [-0.05, 0) is 6.42 Å². The standard InChI is InChI=1S/C9H17FN2O5/c10-9(3-5(14)6(4-13)17-9)12-2-1-7(15)11-8(12)16/h5-8,11,13-16H,1-4H2/t5-,6+,7?,8?,9?/m0/s1. The first-order valence-electron chi connectivity index (χ1n) is 5.51. The number of ether oxygens (including phenoxy) is 1. The number of hydrogen-bond acceptors (Lipinski definition) is 7. The van der Waals surface area contributed by atoms with Gasteiger partial charge in [-0.2, -0.15) is 4.39 Å². The summed E-state index contributed by atoms with van der Waals surface area (Å²) in [7, 11) is 0. The Hall–Kier alpha value is -0.350. The summed E-state index contributed by atoms with van der Waals surface area (Å²) in [5.41, 5.74) is 0. The summed E-state index contributed by atoms with van der Waals surface area (Å²) in [5, 5.41) is 39.6. The highest BCUT2D eigenvalue weighted by Gasteiger charge is 2.53. The molecule has 0 bridgehead atoms. The number of hydrogen-bond donors (Lipinski definition) is 5. The molecule has 0 saturated carbocycles. The summed E-state index contributed by atoms with van der Waals surface area (Å²) < 4.78 is 19.3. The first-order valence-corrected chi connectivity index (χ1v) is 5.51. The first kappa shape index (κ1) is 13.1. The van der Waals surface area contributed by atoms with E-state index in [0.29, 0.717) is 0 Å². The van der Waals surface area contributed by atoms with Gasteiger partial charge in [0.05, 0.1) is 19.1 Å². The molecule has 0 aromatic heterocycles. The van der Waals surface area contributed by atoms with E-state index < -0.39 is 37.4 Å². The largest absolute Gasteiger partial charge is 0.394 e. The normalized spacial score (nSPS) is 48.5. The molecule has 0 radical (unpaired) electrons. The Balaban J connectivity index is 2.06. The van der Waals surface area contributed by atoms with Gasteiger partial charge in [0.15, 0.2) is 6.35 Å². The molecule has 0 amide bonds. The third-order valence-electron chi connectivity index (χ3n) is 3.11. The zero-order chi connectivity index (χ0) is 12.6. The molecule has 2 rings (SSSR count). The highest BCUT2D eigenvalue weighted by molar-refractivity contribution is 4.89. The molecule has 7 nitrogen and oxygen atoms in total. The van der Waals surface area contributed by atoms with Gasteiger partial charge in [-0.1, -0.05) is 0 Å². The van der Waals surface area contributed by atoms with E-state index in [4.69, 9.17) is 9.84 Å². The van der Waals surface area contributed by atoms with E-state index in [9.17, 15) is 19.7 Å². The Morgan fingerprint density at radius 1 is 1.41 bits per heavy atom. The fraction of sp³-hybridized carbons (Fsp3) is 1.00. The Kier molecular flexibility index (Phi) is 3.64. The number of alkyl halides is 1. The van der Waals surface area contributed by atoms with Crippen molar-refractivity contribution in [3.8, 4) is 0 Å². The molecule has 0 aromatic rings. The van der Waals surface area contributed by atoms with Crippen LogP contribution in [0.5, 0.6) is 0 Å². The quantitative estimate of drug-likeness (QED) is 0.350. The maximum Gasteiger partial charge on any atom is 0.274 e. The van der Waals surface area contributed by atoms with Crippen molar-refractivity contribution in [1.29, 1.82) is 0 Å². The van der Waals surface area contributed by atoms with E-state index in [1.807, 2.05) is 0 Å². The lowest BCUT2D eigenvalue weighted by molar-refractivity contribution is -0.291. The van der Waals surface area contributed by atoms with Gasteiger partial charge in [0.1, 0.15) is 12.3 Å². The van der Waals surface area contributed by atoms with Gasteiger partial charge in [0.2, 0.25) is 0 Å². The zero-order valence-corrected chi connectivity index (χ0v) is 9.16. The van der Waals surface area contributed by atoms with Gasteiger partial charge >= 0.3 is 0 Å². The second kappa shape index (κ2) is 4.73. The van der Waals surface area contributed by atoms with Gasteiger partial charge in [-0.25, -0.2) is 4.90 Å². The van der Waals surface area contributed by atoms with Crippen LogP contribution in [0, 0.1) is 0 Å². The topological polar surface area (TPSA) is 105 Å². The van der Waals surface area contributed by atoms with Crippen LogP contribution >= 0.6 is 0 Å². The summed E-state index contributed by atoms with van der Waals surface area (Å²) in [6, 6.07) is 0. The first-order chi connectivity index (χ1) is 7.96. The Labute approximate surface area is 97.4 Å². The Bertz CT molecular complexity index is 284. The van der Waals surface area contributed by atoms with Crippen molar-refractivity contribution in [2.24, 2.45) is 0 Å². The van der Waals surface area contributed by atoms with Crippen molar-refractivity contribution in [3.05, 3.63) is 0 Å². The molecule has 2 fully saturated rings. The van der Waals surface area contributed by atoms with Crippen LogP contribution in [0.1, 0.15) is 12.8 Å². The fourth-order valence-corrected chi connectivity index (χ4v) is 2.17. The fourth-order valence-electron chi connectivity index (χ4n) is 2.17. The molecule has 3 unspecified atom stereocenters. The van der Waals surface area contributed by atoms with Crippen LogP contribution < -0.4 is 5.32 Å². The number of halogens is 1. The summed E-state index contributed by atoms with van der Waals surface area (Å²) in [5.74, 6) is -2.33. The molecule has 0 spiro atoms. The van der Waals surface area contributed by atoms with Crippen LogP contribution in [0.3, 0.4) is 0 Å². The molecule has 100 valence electrons. The molecule has 2 saturated heterocycles. The lowest BCUT2D eigenvalue weighted by Gasteiger charge is -2.41. The predicted octanol–water partition coefficient (Wildman–Crippen LogP) is -2.36. The SMILES string of the molecule is OC[C@H]1OC(F)(N2CCC(O)NC2O)C[C@@H]1O.